The molecule has 79 valence electrons. The predicted octanol–water partition coefficient (Wildman–Crippen LogP) is -0.0450. The first-order chi connectivity index (χ1) is 6.83. The van der Waals surface area contributed by atoms with E-state index in [1.165, 1.54) is 25.7 Å². The maximum absolute atomic E-state index is 11.2. The van der Waals surface area contributed by atoms with Gasteiger partial charge in [0.05, 0.1) is 0 Å². The van der Waals surface area contributed by atoms with E-state index in [0.29, 0.717) is 12.0 Å². The molecule has 1 aliphatic carbocycles. The summed E-state index contributed by atoms with van der Waals surface area (Å²) in [5.41, 5.74) is 0. The van der Waals surface area contributed by atoms with Crippen LogP contribution in [0.5, 0.6) is 0 Å². The van der Waals surface area contributed by atoms with Crippen molar-refractivity contribution in [2.24, 2.45) is 0 Å². The number of carbonyl (C=O) groups excluding carboxylic acids is 1. The molecule has 0 unspecified atom stereocenters. The molecular formula is C8H18BN2O2Si. The second-order valence-corrected chi connectivity index (χ2v) is 5.09. The summed E-state index contributed by atoms with van der Waals surface area (Å²) in [6, 6.07) is -0.0959. The van der Waals surface area contributed by atoms with Crippen LogP contribution >= 0.6 is 0 Å². The van der Waals surface area contributed by atoms with Gasteiger partial charge in [-0.2, -0.15) is 0 Å². The van der Waals surface area contributed by atoms with Crippen LogP contribution in [0.3, 0.4) is 0 Å². The average molecular weight is 213 g/mol. The molecule has 0 aliphatic heterocycles. The van der Waals surface area contributed by atoms with E-state index in [-0.39, 0.29) is 6.03 Å². The van der Waals surface area contributed by atoms with Crippen LogP contribution in [0.1, 0.15) is 25.7 Å². The van der Waals surface area contributed by atoms with Crippen molar-refractivity contribution in [2.75, 3.05) is 13.3 Å². The van der Waals surface area contributed by atoms with Crippen LogP contribution in [0.15, 0.2) is 0 Å². The predicted molar refractivity (Wildman–Crippen MR) is 60.1 cm³/mol. The lowest BCUT2D eigenvalue weighted by atomic mass is 9.74. The Balaban J connectivity index is 1.96. The highest BCUT2D eigenvalue weighted by Gasteiger charge is 2.17. The zero-order chi connectivity index (χ0) is 10.2. The molecule has 1 fully saturated rings. The van der Waals surface area contributed by atoms with Crippen molar-refractivity contribution in [3.05, 3.63) is 0 Å². The van der Waals surface area contributed by atoms with Crippen LogP contribution in [0.2, 0.25) is 5.82 Å². The molecule has 0 spiro atoms. The van der Waals surface area contributed by atoms with Crippen molar-refractivity contribution in [3.8, 4) is 0 Å². The molecule has 0 aromatic heterocycles. The number of rotatable bonds is 5. The van der Waals surface area contributed by atoms with Gasteiger partial charge in [0.25, 0.3) is 7.41 Å². The Morgan fingerprint density at radius 3 is 2.93 bits per heavy atom. The highest BCUT2D eigenvalue weighted by Crippen LogP contribution is 2.28. The molecule has 4 nitrogen and oxygen atoms in total. The Kier molecular flexibility index (Phi) is 5.70. The van der Waals surface area contributed by atoms with Gasteiger partial charge in [0, 0.05) is 13.3 Å². The molecule has 0 aromatic rings. The van der Waals surface area contributed by atoms with Crippen molar-refractivity contribution in [1.82, 2.24) is 10.5 Å². The van der Waals surface area contributed by atoms with Crippen LogP contribution in [-0.4, -0.2) is 36.5 Å². The summed E-state index contributed by atoms with van der Waals surface area (Å²) in [7, 11) is 3.06. The summed E-state index contributed by atoms with van der Waals surface area (Å²) in [4.78, 5) is 11.2. The minimum absolute atomic E-state index is 0.0959. The Labute approximate surface area is 88.4 Å². The largest absolute Gasteiger partial charge is 0.425 e. The Morgan fingerprint density at radius 1 is 1.57 bits per heavy atom. The molecule has 0 bridgehead atoms. The van der Waals surface area contributed by atoms with Gasteiger partial charge < -0.3 is 15.0 Å². The van der Waals surface area contributed by atoms with Crippen molar-refractivity contribution in [2.45, 2.75) is 31.5 Å². The maximum Gasteiger partial charge on any atom is 0.302 e. The molecule has 14 heavy (non-hydrogen) atoms. The number of hydrogen-bond donors (Lipinski definition) is 2. The topological polar surface area (TPSA) is 50.4 Å². The van der Waals surface area contributed by atoms with E-state index in [4.69, 9.17) is 4.43 Å². The fourth-order valence-electron chi connectivity index (χ4n) is 1.64. The van der Waals surface area contributed by atoms with E-state index in [1.54, 1.807) is 7.11 Å². The normalized spacial score (nSPS) is 17.5. The van der Waals surface area contributed by atoms with Gasteiger partial charge in [-0.3, -0.25) is 4.79 Å². The molecule has 1 rings (SSSR count). The lowest BCUT2D eigenvalue weighted by Gasteiger charge is -2.09. The van der Waals surface area contributed by atoms with E-state index in [1.807, 2.05) is 7.41 Å². The van der Waals surface area contributed by atoms with Gasteiger partial charge in [0.15, 0.2) is 9.76 Å². The first-order valence-electron chi connectivity index (χ1n) is 5.19. The standard InChI is InChI=1S/C8H18BN2O2Si/c1-13-14-6-10-8(12)11-9-7-4-2-3-5-7/h7H,2-6,14H2,1H3,(H2,10,11,12). The summed E-state index contributed by atoms with van der Waals surface area (Å²) in [6.45, 7) is 0. The molecule has 1 aliphatic rings. The zero-order valence-corrected chi connectivity index (χ0v) is 10.1. The van der Waals surface area contributed by atoms with Crippen molar-refractivity contribution in [3.63, 3.8) is 0 Å². The Hall–Kier alpha value is -0.488. The third-order valence-corrected chi connectivity index (χ3v) is 3.30. The van der Waals surface area contributed by atoms with Gasteiger partial charge in [-0.25, -0.2) is 0 Å². The van der Waals surface area contributed by atoms with Crippen LogP contribution in [0.25, 0.3) is 0 Å². The number of nitrogens with one attached hydrogen (secondary N) is 2. The van der Waals surface area contributed by atoms with E-state index in [2.05, 4.69) is 10.5 Å². The second kappa shape index (κ2) is 6.89. The van der Waals surface area contributed by atoms with Gasteiger partial charge in [-0.15, -0.1) is 0 Å². The number of hydrogen-bond acceptors (Lipinski definition) is 2. The summed E-state index contributed by atoms with van der Waals surface area (Å²) >= 11 is 0. The summed E-state index contributed by atoms with van der Waals surface area (Å²) in [5.74, 6) is 0.584. The fraction of sp³-hybridized carbons (Fsp3) is 0.875. The highest BCUT2D eigenvalue weighted by atomic mass is 28.2. The lowest BCUT2D eigenvalue weighted by molar-refractivity contribution is 0.246. The first kappa shape index (κ1) is 11.6. The quantitative estimate of drug-likeness (QED) is 0.497. The molecule has 0 aromatic carbocycles. The highest BCUT2D eigenvalue weighted by molar-refractivity contribution is 6.39. The molecule has 1 saturated carbocycles. The van der Waals surface area contributed by atoms with Crippen LogP contribution in [0, 0.1) is 0 Å². The second-order valence-electron chi connectivity index (χ2n) is 3.60. The third-order valence-electron chi connectivity index (χ3n) is 2.44. The maximum atomic E-state index is 11.2. The molecule has 2 amide bonds. The summed E-state index contributed by atoms with van der Waals surface area (Å²) < 4.78 is 4.96. The molecule has 0 saturated heterocycles. The SMILES string of the molecule is CO[SiH2]CNC(=O)N[B]C1CCCC1. The van der Waals surface area contributed by atoms with E-state index in [0.717, 1.165) is 0 Å². The minimum atomic E-state index is -0.541. The average Bonchev–Trinajstić information content (AvgIpc) is 2.68. The first-order valence-corrected chi connectivity index (χ1v) is 6.77. The van der Waals surface area contributed by atoms with Gasteiger partial charge in [-0.05, 0) is 5.82 Å². The van der Waals surface area contributed by atoms with Crippen LogP contribution < -0.4 is 10.5 Å². The monoisotopic (exact) mass is 213 g/mol. The van der Waals surface area contributed by atoms with Crippen molar-refractivity contribution in [1.29, 1.82) is 0 Å². The molecule has 1 radical (unpaired) electrons. The number of amides is 2. The van der Waals surface area contributed by atoms with Gasteiger partial charge in [0.1, 0.15) is 0 Å². The Bertz CT molecular complexity index is 177. The number of urea groups is 1. The van der Waals surface area contributed by atoms with Gasteiger partial charge in [-0.1, -0.05) is 25.7 Å². The van der Waals surface area contributed by atoms with Crippen LogP contribution in [0.4, 0.5) is 4.79 Å². The summed E-state index contributed by atoms with van der Waals surface area (Å²) in [5, 5.41) is 5.54. The number of carbonyl (C=O) groups is 1. The molecular weight excluding hydrogens is 195 g/mol. The zero-order valence-electron chi connectivity index (χ0n) is 8.71. The van der Waals surface area contributed by atoms with Crippen LogP contribution in [-0.2, 0) is 4.43 Å². The lowest BCUT2D eigenvalue weighted by Crippen LogP contribution is -2.40. The van der Waals surface area contributed by atoms with Gasteiger partial charge >= 0.3 is 6.03 Å². The molecule has 2 N–H and O–H groups in total. The van der Waals surface area contributed by atoms with Crippen molar-refractivity contribution < 1.29 is 9.22 Å². The summed E-state index contributed by atoms with van der Waals surface area (Å²) in [6.07, 6.45) is 5.71. The Morgan fingerprint density at radius 2 is 2.29 bits per heavy atom. The molecule has 0 heterocycles. The van der Waals surface area contributed by atoms with Crippen molar-refractivity contribution >= 4 is 23.2 Å². The third kappa shape index (κ3) is 4.67. The molecule has 0 atom stereocenters. The molecule has 6 heteroatoms. The smallest absolute Gasteiger partial charge is 0.302 e. The fourth-order valence-corrected chi connectivity index (χ4v) is 2.17. The van der Waals surface area contributed by atoms with E-state index >= 15 is 0 Å². The minimum Gasteiger partial charge on any atom is -0.425 e. The van der Waals surface area contributed by atoms with E-state index < -0.39 is 9.76 Å². The van der Waals surface area contributed by atoms with E-state index in [9.17, 15) is 4.79 Å². The van der Waals surface area contributed by atoms with Gasteiger partial charge in [0.2, 0.25) is 0 Å².